The second kappa shape index (κ2) is 9.65. The summed E-state index contributed by atoms with van der Waals surface area (Å²) in [5.41, 5.74) is -0.156. The molecule has 1 aromatic heterocycles. The van der Waals surface area contributed by atoms with E-state index in [0.717, 1.165) is 34.4 Å². The third kappa shape index (κ3) is 5.72. The summed E-state index contributed by atoms with van der Waals surface area (Å²) in [6.45, 7) is 1.43. The zero-order chi connectivity index (χ0) is 24.3. The van der Waals surface area contributed by atoms with Crippen molar-refractivity contribution in [2.24, 2.45) is 7.05 Å². The number of anilines is 1. The number of carbonyl (C=O) groups is 2. The number of nitrogens with zero attached hydrogens (tertiary/aromatic N) is 3. The van der Waals surface area contributed by atoms with Crippen molar-refractivity contribution in [3.8, 4) is 0 Å². The first-order chi connectivity index (χ1) is 15.5. The van der Waals surface area contributed by atoms with E-state index in [4.69, 9.17) is 0 Å². The number of para-hydroxylation sites is 1. The second-order valence-electron chi connectivity index (χ2n) is 7.41. The molecule has 0 spiro atoms. The third-order valence-corrected chi connectivity index (χ3v) is 5.84. The molecule has 0 saturated heterocycles. The number of benzene rings is 2. The summed E-state index contributed by atoms with van der Waals surface area (Å²) < 4.78 is 40.6. The van der Waals surface area contributed by atoms with Gasteiger partial charge >= 0.3 is 6.18 Å². The zero-order valence-corrected chi connectivity index (χ0v) is 18.9. The summed E-state index contributed by atoms with van der Waals surface area (Å²) in [5.74, 6) is -1.32. The van der Waals surface area contributed by atoms with Gasteiger partial charge in [-0.1, -0.05) is 35.5 Å². The number of nitrogens with one attached hydrogen (secondary N) is 1. The van der Waals surface area contributed by atoms with Crippen LogP contribution in [0.1, 0.15) is 11.1 Å². The molecule has 0 bridgehead atoms. The summed E-state index contributed by atoms with van der Waals surface area (Å²) in [7, 11) is 2.92. The van der Waals surface area contributed by atoms with Crippen molar-refractivity contribution in [2.75, 3.05) is 24.7 Å². The van der Waals surface area contributed by atoms with E-state index in [0.29, 0.717) is 16.1 Å². The molecule has 0 aliphatic heterocycles. The molecule has 1 N–H and O–H groups in total. The van der Waals surface area contributed by atoms with E-state index in [1.165, 1.54) is 23.7 Å². The molecule has 0 atom stereocenters. The number of hydrogen-bond donors (Lipinski definition) is 1. The smallest absolute Gasteiger partial charge is 0.336 e. The van der Waals surface area contributed by atoms with Gasteiger partial charge < -0.3 is 10.2 Å². The van der Waals surface area contributed by atoms with Crippen LogP contribution in [0.25, 0.3) is 10.9 Å². The summed E-state index contributed by atoms with van der Waals surface area (Å²) in [5, 5.41) is 3.01. The number of amides is 2. The molecular formula is C22H21F3N4O3S. The molecule has 1 heterocycles. The standard InChI is InChI=1S/C22H21F3N4O3S/c1-13-8-9-16-14(10-13)20(32)29(3)21(27-16)33-12-19(31)28(2)11-18(30)26-17-7-5-4-6-15(17)22(23,24)25/h4-10H,11-12H2,1-3H3,(H,26,30). The number of aryl methyl sites for hydroxylation is 1. The number of hydrogen-bond acceptors (Lipinski definition) is 5. The molecular weight excluding hydrogens is 457 g/mol. The van der Waals surface area contributed by atoms with Crippen molar-refractivity contribution in [3.05, 3.63) is 63.9 Å². The number of thioether (sulfide) groups is 1. The Hall–Kier alpha value is -3.34. The molecule has 11 heteroatoms. The van der Waals surface area contributed by atoms with Gasteiger partial charge in [-0.05, 0) is 31.2 Å². The minimum Gasteiger partial charge on any atom is -0.336 e. The van der Waals surface area contributed by atoms with Gasteiger partial charge in [0.2, 0.25) is 11.8 Å². The van der Waals surface area contributed by atoms with Crippen LogP contribution in [-0.2, 0) is 22.8 Å². The number of rotatable bonds is 6. The minimum absolute atomic E-state index is 0.111. The van der Waals surface area contributed by atoms with Crippen LogP contribution >= 0.6 is 11.8 Å². The number of carbonyl (C=O) groups excluding carboxylic acids is 2. The summed E-state index contributed by atoms with van der Waals surface area (Å²) in [4.78, 5) is 42.8. The Balaban J connectivity index is 1.64. The van der Waals surface area contributed by atoms with Gasteiger partial charge in [-0.2, -0.15) is 13.2 Å². The first-order valence-corrected chi connectivity index (χ1v) is 10.8. The Kier molecular flexibility index (Phi) is 7.11. The average molecular weight is 478 g/mol. The van der Waals surface area contributed by atoms with Crippen LogP contribution in [0.3, 0.4) is 0 Å². The van der Waals surface area contributed by atoms with Crippen LogP contribution in [0.5, 0.6) is 0 Å². The number of alkyl halides is 3. The molecule has 3 rings (SSSR count). The fraction of sp³-hybridized carbons (Fsp3) is 0.273. The van der Waals surface area contributed by atoms with Crippen molar-refractivity contribution < 1.29 is 22.8 Å². The Bertz CT molecular complexity index is 1270. The van der Waals surface area contributed by atoms with Crippen LogP contribution in [-0.4, -0.2) is 45.6 Å². The van der Waals surface area contributed by atoms with Crippen LogP contribution in [0, 0.1) is 6.92 Å². The summed E-state index contributed by atoms with van der Waals surface area (Å²) >= 11 is 1.03. The fourth-order valence-corrected chi connectivity index (χ4v) is 3.97. The predicted octanol–water partition coefficient (Wildman–Crippen LogP) is 3.45. The van der Waals surface area contributed by atoms with Crippen molar-refractivity contribution in [1.82, 2.24) is 14.5 Å². The third-order valence-electron chi connectivity index (χ3n) is 4.83. The molecule has 0 fully saturated rings. The molecule has 0 aliphatic rings. The number of fused-ring (bicyclic) bond motifs is 1. The van der Waals surface area contributed by atoms with Crippen molar-refractivity contribution >= 4 is 40.2 Å². The lowest BCUT2D eigenvalue weighted by Gasteiger charge is -2.18. The molecule has 0 saturated carbocycles. The maximum atomic E-state index is 13.1. The lowest BCUT2D eigenvalue weighted by Crippen LogP contribution is -2.36. The number of aromatic nitrogens is 2. The fourth-order valence-electron chi connectivity index (χ4n) is 3.06. The first kappa shape index (κ1) is 24.3. The van der Waals surface area contributed by atoms with Crippen LogP contribution in [0.2, 0.25) is 0 Å². The van der Waals surface area contributed by atoms with E-state index in [1.807, 2.05) is 13.0 Å². The molecule has 0 aliphatic carbocycles. The molecule has 0 unspecified atom stereocenters. The maximum Gasteiger partial charge on any atom is 0.418 e. The molecule has 174 valence electrons. The second-order valence-corrected chi connectivity index (χ2v) is 8.35. The summed E-state index contributed by atoms with van der Waals surface area (Å²) in [6.07, 6.45) is -4.62. The summed E-state index contributed by atoms with van der Waals surface area (Å²) in [6, 6.07) is 9.91. The monoisotopic (exact) mass is 478 g/mol. The van der Waals surface area contributed by atoms with E-state index in [2.05, 4.69) is 10.3 Å². The van der Waals surface area contributed by atoms with E-state index in [9.17, 15) is 27.6 Å². The van der Waals surface area contributed by atoms with Gasteiger partial charge in [0.1, 0.15) is 0 Å². The molecule has 0 radical (unpaired) electrons. The lowest BCUT2D eigenvalue weighted by atomic mass is 10.1. The topological polar surface area (TPSA) is 84.3 Å². The van der Waals surface area contributed by atoms with E-state index in [1.54, 1.807) is 19.2 Å². The van der Waals surface area contributed by atoms with E-state index < -0.39 is 30.1 Å². The van der Waals surface area contributed by atoms with E-state index >= 15 is 0 Å². The highest BCUT2D eigenvalue weighted by Crippen LogP contribution is 2.34. The van der Waals surface area contributed by atoms with Gasteiger partial charge in [-0.25, -0.2) is 4.98 Å². The molecule has 33 heavy (non-hydrogen) atoms. The molecule has 3 aromatic rings. The molecule has 7 nitrogen and oxygen atoms in total. The highest BCUT2D eigenvalue weighted by atomic mass is 32.2. The van der Waals surface area contributed by atoms with Crippen molar-refractivity contribution in [1.29, 1.82) is 0 Å². The van der Waals surface area contributed by atoms with Gasteiger partial charge in [0.15, 0.2) is 5.16 Å². The normalized spacial score (nSPS) is 11.5. The minimum atomic E-state index is -4.62. The molecule has 2 aromatic carbocycles. The molecule has 2 amide bonds. The predicted molar refractivity (Wildman–Crippen MR) is 120 cm³/mol. The average Bonchev–Trinajstić information content (AvgIpc) is 2.75. The van der Waals surface area contributed by atoms with Gasteiger partial charge in [-0.15, -0.1) is 0 Å². The highest BCUT2D eigenvalue weighted by molar-refractivity contribution is 7.99. The Morgan fingerprint density at radius 3 is 2.58 bits per heavy atom. The zero-order valence-electron chi connectivity index (χ0n) is 18.1. The maximum absolute atomic E-state index is 13.1. The van der Waals surface area contributed by atoms with Crippen LogP contribution in [0.4, 0.5) is 18.9 Å². The van der Waals surface area contributed by atoms with Gasteiger partial charge in [0.25, 0.3) is 5.56 Å². The largest absolute Gasteiger partial charge is 0.418 e. The van der Waals surface area contributed by atoms with Crippen LogP contribution in [0.15, 0.2) is 52.4 Å². The Labute approximate surface area is 191 Å². The highest BCUT2D eigenvalue weighted by Gasteiger charge is 2.33. The SMILES string of the molecule is Cc1ccc2nc(SCC(=O)N(C)CC(=O)Nc3ccccc3C(F)(F)F)n(C)c(=O)c2c1. The van der Waals surface area contributed by atoms with Crippen molar-refractivity contribution in [3.63, 3.8) is 0 Å². The van der Waals surface area contributed by atoms with Gasteiger partial charge in [0.05, 0.1) is 34.5 Å². The van der Waals surface area contributed by atoms with Gasteiger partial charge in [0, 0.05) is 14.1 Å². The first-order valence-electron chi connectivity index (χ1n) is 9.77. The Morgan fingerprint density at radius 1 is 1.18 bits per heavy atom. The van der Waals surface area contributed by atoms with E-state index in [-0.39, 0.29) is 17.0 Å². The van der Waals surface area contributed by atoms with Gasteiger partial charge in [-0.3, -0.25) is 19.0 Å². The lowest BCUT2D eigenvalue weighted by molar-refractivity contribution is -0.137. The number of likely N-dealkylation sites (N-methyl/N-ethyl adjacent to an activating group) is 1. The van der Waals surface area contributed by atoms with Crippen LogP contribution < -0.4 is 10.9 Å². The Morgan fingerprint density at radius 2 is 1.88 bits per heavy atom. The van der Waals surface area contributed by atoms with Crippen molar-refractivity contribution in [2.45, 2.75) is 18.3 Å². The quantitative estimate of drug-likeness (QED) is 0.433. The number of halogens is 3.